The number of ether oxygens (including phenoxy) is 2. The highest BCUT2D eigenvalue weighted by Crippen LogP contribution is 2.32. The number of piperidine rings is 1. The smallest absolute Gasteiger partial charge is 0.251 e. The number of aromatic nitrogens is 2. The second-order valence-corrected chi connectivity index (χ2v) is 7.45. The molecule has 2 aliphatic heterocycles. The molecule has 5 rings (SSSR count). The van der Waals surface area contributed by atoms with Crippen molar-refractivity contribution in [3.8, 4) is 22.8 Å². The van der Waals surface area contributed by atoms with Gasteiger partial charge in [-0.25, -0.2) is 4.39 Å². The number of nitrogens with one attached hydrogen (secondary N) is 2. The van der Waals surface area contributed by atoms with Gasteiger partial charge in [0.25, 0.3) is 5.91 Å². The van der Waals surface area contributed by atoms with E-state index in [2.05, 4.69) is 20.4 Å². The predicted octanol–water partition coefficient (Wildman–Crippen LogP) is 3.34. The van der Waals surface area contributed by atoms with Crippen LogP contribution in [0.4, 0.5) is 10.2 Å². The highest BCUT2D eigenvalue weighted by molar-refractivity contribution is 5.95. The summed E-state index contributed by atoms with van der Waals surface area (Å²) in [6.45, 7) is 1.77. The number of carbonyl (C=O) groups is 1. The van der Waals surface area contributed by atoms with Crippen LogP contribution in [0.1, 0.15) is 23.2 Å². The molecule has 0 spiro atoms. The van der Waals surface area contributed by atoms with Crippen LogP contribution in [-0.4, -0.2) is 42.0 Å². The number of carbonyl (C=O) groups excluding carboxylic acids is 1. The molecule has 3 aromatic rings. The zero-order valence-corrected chi connectivity index (χ0v) is 16.2. The van der Waals surface area contributed by atoms with Crippen LogP contribution in [0.2, 0.25) is 0 Å². The first kappa shape index (κ1) is 18.5. The van der Waals surface area contributed by atoms with Gasteiger partial charge >= 0.3 is 0 Å². The summed E-state index contributed by atoms with van der Waals surface area (Å²) < 4.78 is 23.7. The molecule has 2 aromatic carbocycles. The van der Waals surface area contributed by atoms with E-state index in [0.29, 0.717) is 17.1 Å². The summed E-state index contributed by atoms with van der Waals surface area (Å²) in [5, 5.41) is 10.5. The number of aromatic amines is 1. The number of rotatable bonds is 4. The van der Waals surface area contributed by atoms with Crippen LogP contribution in [-0.2, 0) is 0 Å². The lowest BCUT2D eigenvalue weighted by Gasteiger charge is -2.32. The minimum Gasteiger partial charge on any atom is -0.454 e. The normalized spacial score (nSPS) is 16.0. The van der Waals surface area contributed by atoms with E-state index in [1.165, 1.54) is 12.1 Å². The lowest BCUT2D eigenvalue weighted by atomic mass is 10.0. The van der Waals surface area contributed by atoms with Crippen molar-refractivity contribution in [2.24, 2.45) is 0 Å². The number of anilines is 1. The van der Waals surface area contributed by atoms with Gasteiger partial charge in [0.05, 0.1) is 5.69 Å². The third-order valence-corrected chi connectivity index (χ3v) is 5.51. The Morgan fingerprint density at radius 2 is 1.83 bits per heavy atom. The van der Waals surface area contributed by atoms with Crippen molar-refractivity contribution in [2.75, 3.05) is 24.8 Å². The molecule has 0 radical (unpaired) electrons. The minimum absolute atomic E-state index is 0.106. The van der Waals surface area contributed by atoms with Gasteiger partial charge in [0, 0.05) is 30.8 Å². The van der Waals surface area contributed by atoms with Gasteiger partial charge < -0.3 is 19.7 Å². The third kappa shape index (κ3) is 3.68. The summed E-state index contributed by atoms with van der Waals surface area (Å²) in [5.74, 6) is 1.76. The van der Waals surface area contributed by atoms with Crippen LogP contribution in [0.5, 0.6) is 11.5 Å². The number of benzene rings is 2. The van der Waals surface area contributed by atoms with E-state index in [1.54, 1.807) is 30.3 Å². The molecule has 0 saturated carbocycles. The van der Waals surface area contributed by atoms with E-state index in [1.807, 2.05) is 6.07 Å². The number of hydrogen-bond acceptors (Lipinski definition) is 5. The molecular weight excluding hydrogens is 387 g/mol. The quantitative estimate of drug-likeness (QED) is 0.692. The van der Waals surface area contributed by atoms with Gasteiger partial charge in [-0.2, -0.15) is 5.10 Å². The van der Waals surface area contributed by atoms with Crippen LogP contribution in [0.25, 0.3) is 11.3 Å². The van der Waals surface area contributed by atoms with Crippen molar-refractivity contribution in [3.63, 3.8) is 0 Å². The Bertz CT molecular complexity index is 1060. The van der Waals surface area contributed by atoms with Gasteiger partial charge in [0.2, 0.25) is 6.79 Å². The third-order valence-electron chi connectivity index (χ3n) is 5.51. The van der Waals surface area contributed by atoms with Crippen molar-refractivity contribution in [1.82, 2.24) is 15.5 Å². The Labute approximate surface area is 172 Å². The fourth-order valence-electron chi connectivity index (χ4n) is 3.81. The molecule has 1 saturated heterocycles. The fraction of sp³-hybridized carbons (Fsp3) is 0.273. The van der Waals surface area contributed by atoms with Crippen molar-refractivity contribution < 1.29 is 18.7 Å². The monoisotopic (exact) mass is 408 g/mol. The molecule has 8 heteroatoms. The molecular formula is C22H21FN4O3. The summed E-state index contributed by atoms with van der Waals surface area (Å²) >= 11 is 0. The van der Waals surface area contributed by atoms with Gasteiger partial charge in [-0.3, -0.25) is 9.89 Å². The first-order valence-electron chi connectivity index (χ1n) is 9.92. The molecule has 1 fully saturated rings. The van der Waals surface area contributed by atoms with E-state index in [0.717, 1.165) is 43.0 Å². The number of fused-ring (bicyclic) bond motifs is 1. The topological polar surface area (TPSA) is 79.5 Å². The van der Waals surface area contributed by atoms with Gasteiger partial charge in [-0.05, 0) is 60.9 Å². The molecule has 1 aromatic heterocycles. The summed E-state index contributed by atoms with van der Waals surface area (Å²) in [6, 6.07) is 13.6. The predicted molar refractivity (Wildman–Crippen MR) is 109 cm³/mol. The average Bonchev–Trinajstić information content (AvgIpc) is 3.44. The Morgan fingerprint density at radius 3 is 2.63 bits per heavy atom. The molecule has 0 aliphatic carbocycles. The van der Waals surface area contributed by atoms with Gasteiger partial charge in [0.15, 0.2) is 17.3 Å². The molecule has 2 N–H and O–H groups in total. The molecule has 3 heterocycles. The molecule has 30 heavy (non-hydrogen) atoms. The average molecular weight is 408 g/mol. The first-order chi connectivity index (χ1) is 14.7. The van der Waals surface area contributed by atoms with Crippen LogP contribution in [0.15, 0.2) is 48.5 Å². The van der Waals surface area contributed by atoms with E-state index in [-0.39, 0.29) is 24.6 Å². The maximum atomic E-state index is 13.1. The van der Waals surface area contributed by atoms with Crippen LogP contribution < -0.4 is 19.7 Å². The molecule has 1 amide bonds. The summed E-state index contributed by atoms with van der Waals surface area (Å²) in [4.78, 5) is 14.8. The van der Waals surface area contributed by atoms with Crippen molar-refractivity contribution >= 4 is 11.7 Å². The summed E-state index contributed by atoms with van der Waals surface area (Å²) in [6.07, 6.45) is 1.66. The summed E-state index contributed by atoms with van der Waals surface area (Å²) in [5.41, 5.74) is 2.31. The van der Waals surface area contributed by atoms with Crippen LogP contribution in [0.3, 0.4) is 0 Å². The highest BCUT2D eigenvalue weighted by Gasteiger charge is 2.24. The molecule has 7 nitrogen and oxygen atoms in total. The van der Waals surface area contributed by atoms with E-state index >= 15 is 0 Å². The number of amides is 1. The van der Waals surface area contributed by atoms with Gasteiger partial charge in [0.1, 0.15) is 5.82 Å². The highest BCUT2D eigenvalue weighted by atomic mass is 19.1. The maximum Gasteiger partial charge on any atom is 0.251 e. The Hall–Kier alpha value is -3.55. The zero-order valence-electron chi connectivity index (χ0n) is 16.2. The van der Waals surface area contributed by atoms with Gasteiger partial charge in [-0.1, -0.05) is 0 Å². The van der Waals surface area contributed by atoms with E-state index < -0.39 is 0 Å². The number of H-pyrrole nitrogens is 1. The number of halogens is 1. The standard InChI is InChI=1S/C22H21FN4O3/c23-16-4-1-14(2-5-16)18-12-21(26-25-18)27-9-7-17(8-10-27)24-22(28)15-3-6-19-20(11-15)30-13-29-19/h1-6,11-12,17H,7-10,13H2,(H,24,28)(H,25,26). The Morgan fingerprint density at radius 1 is 1.07 bits per heavy atom. The first-order valence-corrected chi connectivity index (χ1v) is 9.92. The van der Waals surface area contributed by atoms with Crippen molar-refractivity contribution in [3.05, 3.63) is 59.9 Å². The molecule has 2 aliphatic rings. The molecule has 0 unspecified atom stereocenters. The Kier molecular flexibility index (Phi) is 4.74. The summed E-state index contributed by atoms with van der Waals surface area (Å²) in [7, 11) is 0. The number of nitrogens with zero attached hydrogens (tertiary/aromatic N) is 2. The van der Waals surface area contributed by atoms with Crippen LogP contribution in [0, 0.1) is 5.82 Å². The molecule has 0 bridgehead atoms. The molecule has 154 valence electrons. The van der Waals surface area contributed by atoms with Crippen LogP contribution >= 0.6 is 0 Å². The zero-order chi connectivity index (χ0) is 20.5. The van der Waals surface area contributed by atoms with E-state index in [9.17, 15) is 9.18 Å². The molecule has 0 atom stereocenters. The van der Waals surface area contributed by atoms with Crippen molar-refractivity contribution in [1.29, 1.82) is 0 Å². The maximum absolute atomic E-state index is 13.1. The lowest BCUT2D eigenvalue weighted by molar-refractivity contribution is 0.0930. The second kappa shape index (κ2) is 7.70. The minimum atomic E-state index is -0.261. The Balaban J connectivity index is 1.18. The van der Waals surface area contributed by atoms with Gasteiger partial charge in [-0.15, -0.1) is 0 Å². The largest absolute Gasteiger partial charge is 0.454 e. The second-order valence-electron chi connectivity index (χ2n) is 7.45. The fourth-order valence-corrected chi connectivity index (χ4v) is 3.81. The lowest BCUT2D eigenvalue weighted by Crippen LogP contribution is -2.44. The van der Waals surface area contributed by atoms with Crippen molar-refractivity contribution in [2.45, 2.75) is 18.9 Å². The SMILES string of the molecule is O=C(NC1CCN(c2cc(-c3ccc(F)cc3)[nH]n2)CC1)c1ccc2c(c1)OCO2. The van der Waals surface area contributed by atoms with E-state index in [4.69, 9.17) is 9.47 Å². The number of hydrogen-bond donors (Lipinski definition) is 2.